The fraction of sp³-hybridized carbons (Fsp3) is 0.545. The van der Waals surface area contributed by atoms with Gasteiger partial charge in [-0.05, 0) is 27.7 Å². The van der Waals surface area contributed by atoms with Gasteiger partial charge in [0, 0.05) is 0 Å². The molecule has 0 aliphatic carbocycles. The Labute approximate surface area is 110 Å². The Kier molecular flexibility index (Phi) is 3.85. The molecule has 1 atom stereocenters. The molecule has 0 saturated carbocycles. The van der Waals surface area contributed by atoms with Crippen molar-refractivity contribution >= 4 is 18.0 Å². The van der Waals surface area contributed by atoms with E-state index < -0.39 is 29.2 Å². The molecule has 1 rings (SSSR count). The number of amides is 4. The summed E-state index contributed by atoms with van der Waals surface area (Å²) in [6, 6.07) is -0.701. The summed E-state index contributed by atoms with van der Waals surface area (Å²) in [6.45, 7) is 9.90. The lowest BCUT2D eigenvalue weighted by molar-refractivity contribution is -0.148. The van der Waals surface area contributed by atoms with Gasteiger partial charge < -0.3 is 10.1 Å². The van der Waals surface area contributed by atoms with E-state index in [0.29, 0.717) is 0 Å². The third-order valence-corrected chi connectivity index (χ3v) is 2.24. The first-order chi connectivity index (χ1) is 8.54. The Morgan fingerprint density at radius 1 is 1.32 bits per heavy atom. The van der Waals surface area contributed by atoms with Crippen molar-refractivity contribution in [1.29, 1.82) is 0 Å². The summed E-state index contributed by atoms with van der Waals surface area (Å²) in [5.74, 6) is -0.739. The van der Waals surface area contributed by atoms with Crippen LogP contribution in [0.1, 0.15) is 27.7 Å². The highest BCUT2D eigenvalue weighted by Gasteiger charge is 2.44. The molecule has 19 heavy (non-hydrogen) atoms. The number of hydrogen-bond acceptors (Lipinski definition) is 5. The lowest BCUT2D eigenvalue weighted by Gasteiger charge is -2.33. The molecule has 0 radical (unpaired) electrons. The van der Waals surface area contributed by atoms with E-state index in [1.807, 2.05) is 10.8 Å². The molecule has 0 aromatic rings. The highest BCUT2D eigenvalue weighted by atomic mass is 16.7. The lowest BCUT2D eigenvalue weighted by Crippen LogP contribution is -2.62. The van der Waals surface area contributed by atoms with E-state index in [4.69, 9.17) is 9.57 Å². The number of carbonyl (C=O) groups excluding carboxylic acids is 3. The van der Waals surface area contributed by atoms with Gasteiger partial charge in [-0.1, -0.05) is 6.58 Å². The molecule has 1 saturated heterocycles. The molecule has 1 unspecified atom stereocenters. The normalized spacial score (nSPS) is 23.5. The molecule has 1 fully saturated rings. The minimum Gasteiger partial charge on any atom is -0.442 e. The second kappa shape index (κ2) is 4.88. The maximum absolute atomic E-state index is 11.7. The van der Waals surface area contributed by atoms with Crippen LogP contribution in [0.25, 0.3) is 0 Å². The van der Waals surface area contributed by atoms with Crippen LogP contribution in [0.2, 0.25) is 0 Å². The lowest BCUT2D eigenvalue weighted by atomic mass is 10.0. The zero-order valence-electron chi connectivity index (χ0n) is 11.2. The summed E-state index contributed by atoms with van der Waals surface area (Å²) in [5.41, 5.74) is -0.304. The fourth-order valence-electron chi connectivity index (χ4n) is 1.20. The highest BCUT2D eigenvalue weighted by molar-refractivity contribution is 6.04. The molecular formula is C11H17N3O5. The number of ether oxygens (including phenoxy) is 1. The molecular weight excluding hydrogens is 254 g/mol. The van der Waals surface area contributed by atoms with E-state index in [1.54, 1.807) is 20.8 Å². The van der Waals surface area contributed by atoms with E-state index in [2.05, 4.69) is 11.9 Å². The summed E-state index contributed by atoms with van der Waals surface area (Å²) < 4.78 is 4.94. The molecule has 0 aromatic carbocycles. The first-order valence-corrected chi connectivity index (χ1v) is 5.53. The molecule has 1 heterocycles. The SMILES string of the molecule is C=C1NC(=O)NC(=O)C1(C)ONC(=O)OC(C)(C)C. The molecule has 1 aliphatic heterocycles. The van der Waals surface area contributed by atoms with E-state index in [9.17, 15) is 14.4 Å². The van der Waals surface area contributed by atoms with Gasteiger partial charge in [0.2, 0.25) is 5.60 Å². The maximum Gasteiger partial charge on any atom is 0.431 e. The Morgan fingerprint density at radius 2 is 1.89 bits per heavy atom. The topological polar surface area (TPSA) is 106 Å². The van der Waals surface area contributed by atoms with Crippen LogP contribution < -0.4 is 16.1 Å². The standard InChI is InChI=1S/C11H17N3O5/c1-6-11(5,7(15)13-8(16)12-6)19-14-9(17)18-10(2,3)4/h1H2,2-5H3,(H,14,17)(H2,12,13,15,16). The van der Waals surface area contributed by atoms with Crippen molar-refractivity contribution in [3.05, 3.63) is 12.3 Å². The van der Waals surface area contributed by atoms with E-state index in [1.165, 1.54) is 6.92 Å². The van der Waals surface area contributed by atoms with E-state index >= 15 is 0 Å². The van der Waals surface area contributed by atoms with Crippen molar-refractivity contribution in [2.75, 3.05) is 0 Å². The van der Waals surface area contributed by atoms with Gasteiger partial charge in [0.25, 0.3) is 5.91 Å². The number of rotatable bonds is 2. The van der Waals surface area contributed by atoms with Gasteiger partial charge >= 0.3 is 12.1 Å². The fourth-order valence-corrected chi connectivity index (χ4v) is 1.20. The highest BCUT2D eigenvalue weighted by Crippen LogP contribution is 2.20. The van der Waals surface area contributed by atoms with Crippen LogP contribution in [-0.2, 0) is 14.4 Å². The molecule has 0 bridgehead atoms. The molecule has 0 spiro atoms. The molecule has 106 valence electrons. The Bertz CT molecular complexity index is 418. The second-order valence-electron chi connectivity index (χ2n) is 5.13. The molecule has 3 N–H and O–H groups in total. The average molecular weight is 271 g/mol. The number of hydrogen-bond donors (Lipinski definition) is 3. The summed E-state index contributed by atoms with van der Waals surface area (Å²) in [5, 5.41) is 4.30. The van der Waals surface area contributed by atoms with Gasteiger partial charge in [0.1, 0.15) is 5.60 Å². The first kappa shape index (κ1) is 15.0. The van der Waals surface area contributed by atoms with Crippen molar-refractivity contribution in [3.8, 4) is 0 Å². The third-order valence-electron chi connectivity index (χ3n) is 2.24. The van der Waals surface area contributed by atoms with Gasteiger partial charge in [0.05, 0.1) is 5.70 Å². The Morgan fingerprint density at radius 3 is 2.37 bits per heavy atom. The Hall–Kier alpha value is -2.09. The summed E-state index contributed by atoms with van der Waals surface area (Å²) in [7, 11) is 0. The predicted octanol–water partition coefficient (Wildman–Crippen LogP) is 0.554. The molecule has 0 aromatic heterocycles. The van der Waals surface area contributed by atoms with Crippen LogP contribution in [-0.4, -0.2) is 29.2 Å². The Balaban J connectivity index is 2.65. The third kappa shape index (κ3) is 3.68. The van der Waals surface area contributed by atoms with Crippen LogP contribution in [0.5, 0.6) is 0 Å². The largest absolute Gasteiger partial charge is 0.442 e. The van der Waals surface area contributed by atoms with Crippen LogP contribution in [0.3, 0.4) is 0 Å². The summed E-state index contributed by atoms with van der Waals surface area (Å²) in [6.07, 6.45) is -0.855. The van der Waals surface area contributed by atoms with Gasteiger partial charge in [-0.3, -0.25) is 10.1 Å². The van der Waals surface area contributed by atoms with E-state index in [0.717, 1.165) is 0 Å². The number of nitrogens with one attached hydrogen (secondary N) is 3. The van der Waals surface area contributed by atoms with Crippen LogP contribution >= 0.6 is 0 Å². The number of hydroxylamine groups is 1. The van der Waals surface area contributed by atoms with Gasteiger partial charge in [0.15, 0.2) is 0 Å². The quantitative estimate of drug-likeness (QED) is 0.636. The average Bonchev–Trinajstić information content (AvgIpc) is 2.21. The molecule has 8 nitrogen and oxygen atoms in total. The van der Waals surface area contributed by atoms with Crippen molar-refractivity contribution in [2.45, 2.75) is 38.9 Å². The minimum atomic E-state index is -1.61. The van der Waals surface area contributed by atoms with Crippen LogP contribution in [0.4, 0.5) is 9.59 Å². The molecule has 4 amide bonds. The van der Waals surface area contributed by atoms with Crippen molar-refractivity contribution in [3.63, 3.8) is 0 Å². The predicted molar refractivity (Wildman–Crippen MR) is 64.7 cm³/mol. The number of imide groups is 1. The van der Waals surface area contributed by atoms with Crippen LogP contribution in [0, 0.1) is 0 Å². The molecule has 1 aliphatic rings. The van der Waals surface area contributed by atoms with Gasteiger partial charge in [-0.25, -0.2) is 14.4 Å². The molecule has 8 heteroatoms. The monoisotopic (exact) mass is 271 g/mol. The first-order valence-electron chi connectivity index (χ1n) is 5.53. The number of urea groups is 1. The maximum atomic E-state index is 11.7. The van der Waals surface area contributed by atoms with Gasteiger partial charge in [-0.2, -0.15) is 5.48 Å². The minimum absolute atomic E-state index is 0.0114. The zero-order chi connectivity index (χ0) is 14.8. The number of carbonyl (C=O) groups is 3. The van der Waals surface area contributed by atoms with Crippen molar-refractivity contribution in [1.82, 2.24) is 16.1 Å². The van der Waals surface area contributed by atoms with Crippen LogP contribution in [0.15, 0.2) is 12.3 Å². The summed E-state index contributed by atoms with van der Waals surface area (Å²) in [4.78, 5) is 39.1. The second-order valence-corrected chi connectivity index (χ2v) is 5.13. The van der Waals surface area contributed by atoms with Crippen molar-refractivity contribution < 1.29 is 24.0 Å². The summed E-state index contributed by atoms with van der Waals surface area (Å²) >= 11 is 0. The van der Waals surface area contributed by atoms with Crippen molar-refractivity contribution in [2.24, 2.45) is 0 Å². The zero-order valence-corrected chi connectivity index (χ0v) is 11.2. The van der Waals surface area contributed by atoms with Gasteiger partial charge in [-0.15, -0.1) is 0 Å². The smallest absolute Gasteiger partial charge is 0.431 e. The van der Waals surface area contributed by atoms with E-state index in [-0.39, 0.29) is 5.70 Å².